The number of aromatic nitrogens is 2. The molecule has 3 aromatic rings. The minimum atomic E-state index is -3.80. The van der Waals surface area contributed by atoms with Crippen LogP contribution in [0.15, 0.2) is 47.4 Å². The molecule has 1 aliphatic heterocycles. The number of nitrogens with one attached hydrogen (secondary N) is 1. The van der Waals surface area contributed by atoms with Gasteiger partial charge in [0.1, 0.15) is 5.82 Å². The van der Waals surface area contributed by atoms with Crippen LogP contribution in [0.3, 0.4) is 0 Å². The number of primary sulfonamides is 1. The first kappa shape index (κ1) is 25.3. The molecular formula is C26H35N5O3S. The monoisotopic (exact) mass is 497 g/mol. The molecule has 0 atom stereocenters. The van der Waals surface area contributed by atoms with Crippen LogP contribution in [0.25, 0.3) is 11.0 Å². The molecule has 2 heterocycles. The Kier molecular flexibility index (Phi) is 8.20. The first-order valence-corrected chi connectivity index (χ1v) is 14.0. The van der Waals surface area contributed by atoms with Gasteiger partial charge in [-0.2, -0.15) is 0 Å². The number of nitrogens with zero attached hydrogens (tertiary/aromatic N) is 3. The second kappa shape index (κ2) is 11.3. The minimum Gasteiger partial charge on any atom is -0.352 e. The number of benzene rings is 2. The standard InChI is InChI=1S/C26H35N5O3S/c1-2-14-31-24-11-10-22(35(27,33)34)17-23(24)29-25(31)12-13-26(32)28-18-20-8-4-5-9-21(20)19-30-15-6-3-7-16-30/h4-5,8-11,17H,2-3,6-7,12-16,18-19H2,1H3,(H,28,32)(H2,27,33,34). The van der Waals surface area contributed by atoms with Crippen molar-refractivity contribution < 1.29 is 13.2 Å². The van der Waals surface area contributed by atoms with Gasteiger partial charge in [-0.3, -0.25) is 9.69 Å². The number of aryl methyl sites for hydroxylation is 2. The number of nitrogens with two attached hydrogens (primary N) is 1. The van der Waals surface area contributed by atoms with Crippen LogP contribution in [0.4, 0.5) is 0 Å². The molecule has 1 aliphatic rings. The van der Waals surface area contributed by atoms with E-state index in [9.17, 15) is 13.2 Å². The molecule has 1 amide bonds. The number of carbonyl (C=O) groups excluding carboxylic acids is 1. The fourth-order valence-corrected chi connectivity index (χ4v) is 5.28. The van der Waals surface area contributed by atoms with E-state index < -0.39 is 10.0 Å². The Morgan fingerprint density at radius 3 is 2.54 bits per heavy atom. The summed E-state index contributed by atoms with van der Waals surface area (Å²) in [6.45, 7) is 6.52. The maximum absolute atomic E-state index is 12.7. The zero-order chi connectivity index (χ0) is 24.8. The van der Waals surface area contributed by atoms with Gasteiger partial charge in [0.15, 0.2) is 0 Å². The molecule has 0 unspecified atom stereocenters. The largest absolute Gasteiger partial charge is 0.352 e. The van der Waals surface area contributed by atoms with Crippen molar-refractivity contribution in [1.82, 2.24) is 19.8 Å². The highest BCUT2D eigenvalue weighted by molar-refractivity contribution is 7.89. The molecule has 8 nitrogen and oxygen atoms in total. The maximum atomic E-state index is 12.7. The molecule has 0 radical (unpaired) electrons. The lowest BCUT2D eigenvalue weighted by Gasteiger charge is -2.27. The quantitative estimate of drug-likeness (QED) is 0.446. The number of piperidine rings is 1. The Balaban J connectivity index is 1.40. The summed E-state index contributed by atoms with van der Waals surface area (Å²) in [4.78, 5) is 19.9. The first-order valence-electron chi connectivity index (χ1n) is 12.4. The lowest BCUT2D eigenvalue weighted by molar-refractivity contribution is -0.121. The molecule has 35 heavy (non-hydrogen) atoms. The Morgan fingerprint density at radius 2 is 1.83 bits per heavy atom. The Labute approximate surface area is 207 Å². The number of fused-ring (bicyclic) bond motifs is 1. The fraction of sp³-hybridized carbons (Fsp3) is 0.462. The zero-order valence-electron chi connectivity index (χ0n) is 20.4. The van der Waals surface area contributed by atoms with Crippen molar-refractivity contribution in [2.75, 3.05) is 13.1 Å². The molecule has 4 rings (SSSR count). The molecule has 0 aliphatic carbocycles. The van der Waals surface area contributed by atoms with Crippen molar-refractivity contribution in [3.63, 3.8) is 0 Å². The highest BCUT2D eigenvalue weighted by Crippen LogP contribution is 2.22. The maximum Gasteiger partial charge on any atom is 0.238 e. The number of hydrogen-bond donors (Lipinski definition) is 2. The third-order valence-corrected chi connectivity index (χ3v) is 7.50. The Morgan fingerprint density at radius 1 is 1.09 bits per heavy atom. The second-order valence-electron chi connectivity index (χ2n) is 9.26. The van der Waals surface area contributed by atoms with E-state index >= 15 is 0 Å². The van der Waals surface area contributed by atoms with Crippen LogP contribution in [0.5, 0.6) is 0 Å². The lowest BCUT2D eigenvalue weighted by Crippen LogP contribution is -2.30. The van der Waals surface area contributed by atoms with Gasteiger partial charge in [0, 0.05) is 32.5 Å². The summed E-state index contributed by atoms with van der Waals surface area (Å²) in [5.74, 6) is 0.743. The number of amides is 1. The van der Waals surface area contributed by atoms with Crippen molar-refractivity contribution in [2.24, 2.45) is 5.14 Å². The van der Waals surface area contributed by atoms with Crippen LogP contribution >= 0.6 is 0 Å². The topological polar surface area (TPSA) is 110 Å². The number of rotatable bonds is 10. The number of carbonyl (C=O) groups is 1. The van der Waals surface area contributed by atoms with E-state index in [2.05, 4.69) is 44.9 Å². The van der Waals surface area contributed by atoms with Crippen molar-refractivity contribution in [3.8, 4) is 0 Å². The molecule has 1 aromatic heterocycles. The van der Waals surface area contributed by atoms with E-state index in [1.54, 1.807) is 6.07 Å². The second-order valence-corrected chi connectivity index (χ2v) is 10.8. The number of imidazole rings is 1. The van der Waals surface area contributed by atoms with Gasteiger partial charge in [-0.1, -0.05) is 37.6 Å². The van der Waals surface area contributed by atoms with Crippen LogP contribution < -0.4 is 10.5 Å². The summed E-state index contributed by atoms with van der Waals surface area (Å²) in [5, 5.41) is 8.35. The van der Waals surface area contributed by atoms with Gasteiger partial charge in [0.05, 0.1) is 15.9 Å². The molecule has 0 saturated carbocycles. The van der Waals surface area contributed by atoms with E-state index in [1.165, 1.54) is 37.0 Å². The summed E-state index contributed by atoms with van der Waals surface area (Å²) in [6, 6.07) is 13.1. The minimum absolute atomic E-state index is 0.0295. The molecular weight excluding hydrogens is 462 g/mol. The summed E-state index contributed by atoms with van der Waals surface area (Å²) in [5.41, 5.74) is 3.85. The third kappa shape index (κ3) is 6.48. The number of likely N-dealkylation sites (tertiary alicyclic amines) is 1. The normalized spacial score (nSPS) is 14.9. The molecule has 2 aromatic carbocycles. The molecule has 9 heteroatoms. The van der Waals surface area contributed by atoms with E-state index in [-0.39, 0.29) is 10.8 Å². The molecule has 0 spiro atoms. The summed E-state index contributed by atoms with van der Waals surface area (Å²) in [6.07, 6.45) is 5.50. The average Bonchev–Trinajstić information content (AvgIpc) is 3.19. The van der Waals surface area contributed by atoms with Gasteiger partial charge in [-0.15, -0.1) is 0 Å². The molecule has 188 valence electrons. The van der Waals surface area contributed by atoms with Crippen LogP contribution in [-0.2, 0) is 40.9 Å². The van der Waals surface area contributed by atoms with Crippen LogP contribution in [0.1, 0.15) is 56.0 Å². The smallest absolute Gasteiger partial charge is 0.238 e. The predicted molar refractivity (Wildman–Crippen MR) is 137 cm³/mol. The fourth-order valence-electron chi connectivity index (χ4n) is 4.75. The number of sulfonamides is 1. The van der Waals surface area contributed by atoms with Gasteiger partial charge in [-0.05, 0) is 61.7 Å². The highest BCUT2D eigenvalue weighted by atomic mass is 32.2. The SMILES string of the molecule is CCCn1c(CCC(=O)NCc2ccccc2CN2CCCCC2)nc2cc(S(N)(=O)=O)ccc21. The van der Waals surface area contributed by atoms with Crippen molar-refractivity contribution in [3.05, 3.63) is 59.4 Å². The van der Waals surface area contributed by atoms with E-state index in [0.717, 1.165) is 49.5 Å². The van der Waals surface area contributed by atoms with Gasteiger partial charge < -0.3 is 9.88 Å². The molecule has 1 fully saturated rings. The van der Waals surface area contributed by atoms with Gasteiger partial charge in [-0.25, -0.2) is 18.5 Å². The van der Waals surface area contributed by atoms with Crippen molar-refractivity contribution in [1.29, 1.82) is 0 Å². The zero-order valence-corrected chi connectivity index (χ0v) is 21.2. The van der Waals surface area contributed by atoms with E-state index in [0.29, 0.717) is 24.9 Å². The first-order chi connectivity index (χ1) is 16.8. The average molecular weight is 498 g/mol. The Bertz CT molecular complexity index is 1280. The highest BCUT2D eigenvalue weighted by Gasteiger charge is 2.16. The van der Waals surface area contributed by atoms with Gasteiger partial charge >= 0.3 is 0 Å². The van der Waals surface area contributed by atoms with Gasteiger partial charge in [0.25, 0.3) is 0 Å². The molecule has 1 saturated heterocycles. The van der Waals surface area contributed by atoms with Crippen LogP contribution in [0.2, 0.25) is 0 Å². The number of hydrogen-bond acceptors (Lipinski definition) is 5. The summed E-state index contributed by atoms with van der Waals surface area (Å²) in [7, 11) is -3.80. The van der Waals surface area contributed by atoms with Gasteiger partial charge in [0.2, 0.25) is 15.9 Å². The lowest BCUT2D eigenvalue weighted by atomic mass is 10.0. The third-order valence-electron chi connectivity index (χ3n) is 6.59. The van der Waals surface area contributed by atoms with Crippen LogP contribution in [-0.4, -0.2) is 41.9 Å². The van der Waals surface area contributed by atoms with Crippen molar-refractivity contribution in [2.45, 2.75) is 70.0 Å². The van der Waals surface area contributed by atoms with E-state index in [4.69, 9.17) is 5.14 Å². The summed E-state index contributed by atoms with van der Waals surface area (Å²) >= 11 is 0. The van der Waals surface area contributed by atoms with Crippen LogP contribution in [0, 0.1) is 0 Å². The van der Waals surface area contributed by atoms with E-state index in [1.807, 2.05) is 6.07 Å². The summed E-state index contributed by atoms with van der Waals surface area (Å²) < 4.78 is 25.5. The van der Waals surface area contributed by atoms with Crippen molar-refractivity contribution >= 4 is 27.0 Å². The molecule has 3 N–H and O–H groups in total. The predicted octanol–water partition coefficient (Wildman–Crippen LogP) is 3.33. The molecule has 0 bridgehead atoms. The Hall–Kier alpha value is -2.75.